The molecule has 40 heavy (non-hydrogen) atoms. The second-order valence-corrected chi connectivity index (χ2v) is 12.6. The quantitative estimate of drug-likeness (QED) is 0.263. The minimum Gasteiger partial charge on any atom is -0.492 e. The highest BCUT2D eigenvalue weighted by atomic mass is 32.2. The van der Waals surface area contributed by atoms with Gasteiger partial charge in [0.2, 0.25) is 11.8 Å². The van der Waals surface area contributed by atoms with Crippen LogP contribution in [0.2, 0.25) is 0 Å². The molecule has 0 unspecified atom stereocenters. The molecule has 2 saturated heterocycles. The lowest BCUT2D eigenvalue weighted by atomic mass is 9.91. The lowest BCUT2D eigenvalue weighted by molar-refractivity contribution is -0.118. The molecule has 0 spiro atoms. The van der Waals surface area contributed by atoms with E-state index >= 15 is 4.39 Å². The molecule has 0 radical (unpaired) electrons. The number of aromatic hydroxyl groups is 1. The summed E-state index contributed by atoms with van der Waals surface area (Å²) in [6.45, 7) is 6.46. The number of alkyl carbamates (subject to hydrolysis) is 1. The lowest BCUT2D eigenvalue weighted by Crippen LogP contribution is -2.44. The molecule has 5 atom stereocenters. The maximum atomic E-state index is 16.1. The monoisotopic (exact) mass is 606 g/mol. The fourth-order valence-electron chi connectivity index (χ4n) is 4.24. The Morgan fingerprint density at radius 1 is 1.43 bits per heavy atom. The number of fused-ring (bicyclic) bond motifs is 2. The molecule has 15 nitrogen and oxygen atoms in total. The summed E-state index contributed by atoms with van der Waals surface area (Å²) in [7, 11) is -4.18. The molecular formula is C22H32FN6O9PS. The highest BCUT2D eigenvalue weighted by Gasteiger charge is 2.61. The normalized spacial score (nSPS) is 28.4. The summed E-state index contributed by atoms with van der Waals surface area (Å²) < 4.78 is 57.2. The van der Waals surface area contributed by atoms with Crippen molar-refractivity contribution in [3.63, 3.8) is 0 Å². The Morgan fingerprint density at radius 2 is 2.17 bits per heavy atom. The minimum atomic E-state index is -4.18. The number of nitrogen functional groups attached to an aromatic ring is 1. The fourth-order valence-corrected chi connectivity index (χ4v) is 6.67. The Morgan fingerprint density at radius 3 is 2.90 bits per heavy atom. The summed E-state index contributed by atoms with van der Waals surface area (Å²) in [6, 6.07) is 0. The van der Waals surface area contributed by atoms with Crippen LogP contribution in [0.3, 0.4) is 0 Å². The number of amides is 1. The van der Waals surface area contributed by atoms with Crippen LogP contribution in [0.5, 0.6) is 5.88 Å². The number of thioether (sulfide) groups is 1. The van der Waals surface area contributed by atoms with Crippen molar-refractivity contribution in [2.45, 2.75) is 58.2 Å². The van der Waals surface area contributed by atoms with Gasteiger partial charge in [-0.25, -0.2) is 18.7 Å². The summed E-state index contributed by atoms with van der Waals surface area (Å²) in [5, 5.41) is 12.4. The van der Waals surface area contributed by atoms with Gasteiger partial charge in [0.15, 0.2) is 28.2 Å². The Bertz CT molecular complexity index is 1310. The number of halogens is 1. The molecule has 4 rings (SSSR count). The molecule has 222 valence electrons. The van der Waals surface area contributed by atoms with Gasteiger partial charge in [-0.15, -0.1) is 0 Å². The van der Waals surface area contributed by atoms with Gasteiger partial charge < -0.3 is 25.6 Å². The van der Waals surface area contributed by atoms with Crippen molar-refractivity contribution in [1.29, 1.82) is 0 Å². The number of imidazole rings is 1. The Kier molecular flexibility index (Phi) is 8.92. The highest BCUT2D eigenvalue weighted by molar-refractivity contribution is 8.13. The van der Waals surface area contributed by atoms with Crippen molar-refractivity contribution in [3.8, 4) is 5.88 Å². The van der Waals surface area contributed by atoms with Crippen LogP contribution >= 0.6 is 19.6 Å². The SMILES string of the molecule is CCOC(=O)NCCC(C)(C)C(=O)SCCO[P@@]1(=O)OC[C@H]2O[C@@H](n3cnc4c(O)nc(N)nc43)[C@](C)(F)[C@@H]2O1. The minimum absolute atomic E-state index is 0.000122. The molecule has 2 aliphatic rings. The number of nitrogens with one attached hydrogen (secondary N) is 1. The van der Waals surface area contributed by atoms with Crippen molar-refractivity contribution in [3.05, 3.63) is 6.33 Å². The number of nitrogens with two attached hydrogens (primary N) is 1. The first-order chi connectivity index (χ1) is 18.8. The summed E-state index contributed by atoms with van der Waals surface area (Å²) >= 11 is 0.969. The van der Waals surface area contributed by atoms with Gasteiger partial charge in [0, 0.05) is 17.7 Å². The third kappa shape index (κ3) is 6.34. The number of phosphoric acid groups is 1. The molecule has 2 fully saturated rings. The van der Waals surface area contributed by atoms with Crippen LogP contribution in [0.4, 0.5) is 15.1 Å². The predicted molar refractivity (Wildman–Crippen MR) is 140 cm³/mol. The Labute approximate surface area is 233 Å². The molecule has 1 amide bonds. The van der Waals surface area contributed by atoms with E-state index in [2.05, 4.69) is 20.3 Å². The van der Waals surface area contributed by atoms with Crippen LogP contribution in [-0.2, 0) is 32.4 Å². The smallest absolute Gasteiger partial charge is 0.475 e. The number of anilines is 1. The molecular weight excluding hydrogens is 574 g/mol. The number of aromatic nitrogens is 4. The number of phosphoric ester groups is 1. The van der Waals surface area contributed by atoms with E-state index in [0.717, 1.165) is 11.8 Å². The first-order valence-corrected chi connectivity index (χ1v) is 14.9. The van der Waals surface area contributed by atoms with Gasteiger partial charge in [-0.2, -0.15) is 9.97 Å². The maximum Gasteiger partial charge on any atom is 0.475 e. The maximum absolute atomic E-state index is 16.1. The molecule has 0 aromatic carbocycles. The molecule has 2 aliphatic heterocycles. The Hall–Kier alpha value is -2.56. The van der Waals surface area contributed by atoms with E-state index in [-0.39, 0.29) is 54.3 Å². The van der Waals surface area contributed by atoms with Gasteiger partial charge in [0.1, 0.15) is 12.2 Å². The van der Waals surface area contributed by atoms with Gasteiger partial charge in [-0.3, -0.25) is 22.9 Å². The fraction of sp³-hybridized carbons (Fsp3) is 0.682. The van der Waals surface area contributed by atoms with Gasteiger partial charge in [-0.05, 0) is 20.3 Å². The van der Waals surface area contributed by atoms with E-state index in [0.29, 0.717) is 6.42 Å². The largest absolute Gasteiger partial charge is 0.492 e. The van der Waals surface area contributed by atoms with Gasteiger partial charge in [0.05, 0.1) is 26.1 Å². The van der Waals surface area contributed by atoms with Crippen molar-refractivity contribution < 1.29 is 46.7 Å². The zero-order chi connectivity index (χ0) is 29.3. The van der Waals surface area contributed by atoms with Crippen LogP contribution < -0.4 is 11.1 Å². The second-order valence-electron chi connectivity index (χ2n) is 9.93. The van der Waals surface area contributed by atoms with E-state index in [1.54, 1.807) is 20.8 Å². The van der Waals surface area contributed by atoms with E-state index in [9.17, 15) is 19.3 Å². The number of hydrogen-bond donors (Lipinski definition) is 3. The van der Waals surface area contributed by atoms with Gasteiger partial charge >= 0.3 is 13.9 Å². The van der Waals surface area contributed by atoms with Crippen LogP contribution in [-0.4, -0.2) is 85.8 Å². The molecule has 4 N–H and O–H groups in total. The zero-order valence-electron chi connectivity index (χ0n) is 22.4. The molecule has 0 saturated carbocycles. The average molecular weight is 607 g/mol. The highest BCUT2D eigenvalue weighted by Crippen LogP contribution is 2.59. The van der Waals surface area contributed by atoms with Crippen LogP contribution in [0, 0.1) is 5.41 Å². The predicted octanol–water partition coefficient (Wildman–Crippen LogP) is 2.70. The lowest BCUT2D eigenvalue weighted by Gasteiger charge is -2.33. The van der Waals surface area contributed by atoms with Crippen LogP contribution in [0.1, 0.15) is 40.3 Å². The number of rotatable bonds is 10. The number of ether oxygens (including phenoxy) is 2. The van der Waals surface area contributed by atoms with Crippen LogP contribution in [0.15, 0.2) is 6.33 Å². The molecule has 4 heterocycles. The van der Waals surface area contributed by atoms with Crippen molar-refractivity contribution in [1.82, 2.24) is 24.8 Å². The first-order valence-electron chi connectivity index (χ1n) is 12.5. The van der Waals surface area contributed by atoms with Crippen LogP contribution in [0.25, 0.3) is 11.2 Å². The topological polar surface area (TPSA) is 199 Å². The van der Waals surface area contributed by atoms with Crippen molar-refractivity contribution >= 4 is 47.9 Å². The van der Waals surface area contributed by atoms with E-state index < -0.39 is 49.3 Å². The van der Waals surface area contributed by atoms with E-state index in [1.165, 1.54) is 17.8 Å². The second kappa shape index (κ2) is 11.7. The number of nitrogens with zero attached hydrogens (tertiary/aromatic N) is 4. The molecule has 2 aromatic heterocycles. The number of hydrogen-bond acceptors (Lipinski definition) is 14. The summed E-state index contributed by atoms with van der Waals surface area (Å²) in [5.74, 6) is -0.577. The molecule has 18 heteroatoms. The van der Waals surface area contributed by atoms with E-state index in [4.69, 9.17) is 28.8 Å². The summed E-state index contributed by atoms with van der Waals surface area (Å²) in [4.78, 5) is 35.7. The first kappa shape index (κ1) is 30.4. The van der Waals surface area contributed by atoms with Crippen molar-refractivity contribution in [2.24, 2.45) is 5.41 Å². The molecule has 2 aromatic rings. The number of alkyl halides is 1. The number of carbonyl (C=O) groups excluding carboxylic acids is 2. The Balaban J connectivity index is 1.31. The third-order valence-electron chi connectivity index (χ3n) is 6.41. The standard InChI is InChI=1S/C22H32FN6O9PS/c1-5-34-20(32)25-7-6-21(2,3)18(31)40-9-8-35-39(33)36-10-12-14(38-39)22(4,23)17(37-12)29-11-26-13-15(29)27-19(24)28-16(13)30/h11-12,14,17H,5-10H2,1-4H3,(H,25,32)(H3,24,27,28,30)/t12-,14-,17-,22-,39+/m1/s1. The zero-order valence-corrected chi connectivity index (χ0v) is 24.1. The summed E-state index contributed by atoms with van der Waals surface area (Å²) in [6.07, 6.45) is -2.54. The average Bonchev–Trinajstić information content (AvgIpc) is 3.39. The van der Waals surface area contributed by atoms with E-state index in [1.807, 2.05) is 0 Å². The molecule has 0 bridgehead atoms. The summed E-state index contributed by atoms with van der Waals surface area (Å²) in [5.41, 5.74) is 2.66. The van der Waals surface area contributed by atoms with Gasteiger partial charge in [0.25, 0.3) is 0 Å². The number of carbonyl (C=O) groups is 2. The molecule has 0 aliphatic carbocycles. The third-order valence-corrected chi connectivity index (χ3v) is 9.04. The van der Waals surface area contributed by atoms with Crippen molar-refractivity contribution in [2.75, 3.05) is 37.9 Å². The van der Waals surface area contributed by atoms with Gasteiger partial charge in [-0.1, -0.05) is 25.6 Å².